The van der Waals surface area contributed by atoms with E-state index >= 15 is 0 Å². The molecular weight excluding hydrogens is 322 g/mol. The molecule has 0 spiro atoms. The standard InChI is InChI=1S/C12H14ClNO6S/c13-21(18,19)7-6-10(11(15)16)14-12(17)20-8-9-4-2-1-3-5-9/h1-5,10H,6-8H2,(H,14,17)(H,15,16)/t10-/m0/s1. The van der Waals surface area contributed by atoms with E-state index in [0.29, 0.717) is 0 Å². The van der Waals surface area contributed by atoms with Gasteiger partial charge in [0.15, 0.2) is 0 Å². The SMILES string of the molecule is O=C(N[C@@H](CCS(=O)(=O)Cl)C(=O)O)OCc1ccccc1. The molecule has 0 aromatic heterocycles. The van der Waals surface area contributed by atoms with Crippen molar-refractivity contribution in [2.75, 3.05) is 5.75 Å². The van der Waals surface area contributed by atoms with Gasteiger partial charge in [0.2, 0.25) is 9.05 Å². The fraction of sp³-hybridized carbons (Fsp3) is 0.333. The zero-order valence-electron chi connectivity index (χ0n) is 10.9. The Bertz CT molecular complexity index is 589. The van der Waals surface area contributed by atoms with Crippen LogP contribution >= 0.6 is 10.7 Å². The van der Waals surface area contributed by atoms with Crippen molar-refractivity contribution in [3.8, 4) is 0 Å². The molecule has 0 saturated carbocycles. The zero-order chi connectivity index (χ0) is 15.9. The van der Waals surface area contributed by atoms with E-state index in [4.69, 9.17) is 20.5 Å². The van der Waals surface area contributed by atoms with Crippen LogP contribution in [0.1, 0.15) is 12.0 Å². The van der Waals surface area contributed by atoms with Gasteiger partial charge in [0.25, 0.3) is 0 Å². The van der Waals surface area contributed by atoms with Crippen molar-refractivity contribution in [2.45, 2.75) is 19.1 Å². The number of amides is 1. The van der Waals surface area contributed by atoms with Gasteiger partial charge in [-0.25, -0.2) is 18.0 Å². The third-order valence-electron chi connectivity index (χ3n) is 2.45. The largest absolute Gasteiger partial charge is 0.480 e. The first kappa shape index (κ1) is 17.3. The third kappa shape index (κ3) is 7.52. The van der Waals surface area contributed by atoms with Crippen molar-refractivity contribution < 1.29 is 27.9 Å². The summed E-state index contributed by atoms with van der Waals surface area (Å²) >= 11 is 0. The van der Waals surface area contributed by atoms with Crippen molar-refractivity contribution in [3.05, 3.63) is 35.9 Å². The van der Waals surface area contributed by atoms with Crippen molar-refractivity contribution in [1.29, 1.82) is 0 Å². The van der Waals surface area contributed by atoms with E-state index in [-0.39, 0.29) is 13.0 Å². The van der Waals surface area contributed by atoms with Crippen LogP contribution in [0.5, 0.6) is 0 Å². The lowest BCUT2D eigenvalue weighted by Crippen LogP contribution is -2.41. The normalized spacial score (nSPS) is 12.4. The van der Waals surface area contributed by atoms with E-state index in [1.807, 2.05) is 0 Å². The summed E-state index contributed by atoms with van der Waals surface area (Å²) in [6.07, 6.45) is -1.29. The number of carbonyl (C=O) groups excluding carboxylic acids is 1. The second kappa shape index (κ2) is 7.84. The summed E-state index contributed by atoms with van der Waals surface area (Å²) in [7, 11) is 1.17. The molecule has 0 unspecified atom stereocenters. The van der Waals surface area contributed by atoms with Crippen LogP contribution in [-0.2, 0) is 25.2 Å². The molecule has 1 atom stereocenters. The molecule has 7 nitrogen and oxygen atoms in total. The van der Waals surface area contributed by atoms with Gasteiger partial charge in [0.05, 0.1) is 5.75 Å². The van der Waals surface area contributed by atoms with E-state index in [9.17, 15) is 18.0 Å². The number of halogens is 1. The number of rotatable bonds is 7. The van der Waals surface area contributed by atoms with Gasteiger partial charge in [0.1, 0.15) is 12.6 Å². The summed E-state index contributed by atoms with van der Waals surface area (Å²) in [5.74, 6) is -1.93. The van der Waals surface area contributed by atoms with Gasteiger partial charge in [-0.15, -0.1) is 0 Å². The van der Waals surface area contributed by atoms with Gasteiger partial charge in [0, 0.05) is 10.7 Å². The smallest absolute Gasteiger partial charge is 0.408 e. The number of benzene rings is 1. The maximum Gasteiger partial charge on any atom is 0.408 e. The van der Waals surface area contributed by atoms with Crippen molar-refractivity contribution in [3.63, 3.8) is 0 Å². The average Bonchev–Trinajstić information content (AvgIpc) is 2.41. The minimum Gasteiger partial charge on any atom is -0.480 e. The number of ether oxygens (including phenoxy) is 1. The summed E-state index contributed by atoms with van der Waals surface area (Å²) in [6.45, 7) is -0.0210. The minimum absolute atomic E-state index is 0.0210. The van der Waals surface area contributed by atoms with E-state index in [0.717, 1.165) is 5.56 Å². The Hall–Kier alpha value is -1.80. The van der Waals surface area contributed by atoms with Crippen LogP contribution in [0.15, 0.2) is 30.3 Å². The van der Waals surface area contributed by atoms with Crippen molar-refractivity contribution >= 4 is 31.8 Å². The van der Waals surface area contributed by atoms with E-state index in [1.165, 1.54) is 0 Å². The van der Waals surface area contributed by atoms with Crippen LogP contribution in [-0.4, -0.2) is 37.4 Å². The first-order valence-corrected chi connectivity index (χ1v) is 8.38. The Kier molecular flexibility index (Phi) is 6.44. The number of carbonyl (C=O) groups is 2. The zero-order valence-corrected chi connectivity index (χ0v) is 12.4. The number of carboxylic acids is 1. The molecule has 1 amide bonds. The fourth-order valence-electron chi connectivity index (χ4n) is 1.42. The molecule has 21 heavy (non-hydrogen) atoms. The lowest BCUT2D eigenvalue weighted by molar-refractivity contribution is -0.139. The van der Waals surface area contributed by atoms with Crippen LogP contribution in [0.25, 0.3) is 0 Å². The third-order valence-corrected chi connectivity index (χ3v) is 3.64. The minimum atomic E-state index is -3.83. The van der Waals surface area contributed by atoms with Crippen LogP contribution in [0.2, 0.25) is 0 Å². The molecule has 1 aromatic rings. The quantitative estimate of drug-likeness (QED) is 0.727. The lowest BCUT2D eigenvalue weighted by Gasteiger charge is -2.13. The van der Waals surface area contributed by atoms with Gasteiger partial charge < -0.3 is 15.2 Å². The number of alkyl carbamates (subject to hydrolysis) is 1. The molecule has 0 fully saturated rings. The Balaban J connectivity index is 2.47. The Morgan fingerprint density at radius 2 is 1.90 bits per heavy atom. The predicted octanol–water partition coefficient (Wildman–Crippen LogP) is 1.32. The molecule has 0 aliphatic carbocycles. The first-order chi connectivity index (χ1) is 9.78. The van der Waals surface area contributed by atoms with Gasteiger partial charge in [-0.2, -0.15) is 0 Å². The molecule has 0 heterocycles. The van der Waals surface area contributed by atoms with Gasteiger partial charge in [-0.3, -0.25) is 0 Å². The van der Waals surface area contributed by atoms with Crippen LogP contribution < -0.4 is 5.32 Å². The van der Waals surface area contributed by atoms with E-state index < -0.39 is 32.9 Å². The maximum atomic E-state index is 11.5. The highest BCUT2D eigenvalue weighted by Crippen LogP contribution is 2.04. The molecule has 0 aliphatic heterocycles. The van der Waals surface area contributed by atoms with Crippen LogP contribution in [0.3, 0.4) is 0 Å². The van der Waals surface area contributed by atoms with E-state index in [1.54, 1.807) is 30.3 Å². The molecule has 1 aromatic carbocycles. The number of carboxylic acid groups (broad SMARTS) is 1. The summed E-state index contributed by atoms with van der Waals surface area (Å²) in [4.78, 5) is 22.4. The lowest BCUT2D eigenvalue weighted by atomic mass is 10.2. The molecule has 1 rings (SSSR count). The number of nitrogens with one attached hydrogen (secondary N) is 1. The molecule has 9 heteroatoms. The summed E-state index contributed by atoms with van der Waals surface area (Å²) in [6, 6.07) is 7.42. The summed E-state index contributed by atoms with van der Waals surface area (Å²) in [5, 5.41) is 11.0. The Morgan fingerprint density at radius 3 is 2.43 bits per heavy atom. The highest BCUT2D eigenvalue weighted by atomic mass is 35.7. The molecule has 0 bridgehead atoms. The Labute approximate surface area is 126 Å². The fourth-order valence-corrected chi connectivity index (χ4v) is 2.21. The van der Waals surface area contributed by atoms with Crippen molar-refractivity contribution in [1.82, 2.24) is 5.32 Å². The molecular formula is C12H14ClNO6S. The molecule has 116 valence electrons. The summed E-state index contributed by atoms with van der Waals surface area (Å²) in [5.41, 5.74) is 0.739. The van der Waals surface area contributed by atoms with Crippen molar-refractivity contribution in [2.24, 2.45) is 0 Å². The highest BCUT2D eigenvalue weighted by molar-refractivity contribution is 8.13. The molecule has 0 aliphatic rings. The molecule has 2 N–H and O–H groups in total. The van der Waals surface area contributed by atoms with Gasteiger partial charge >= 0.3 is 12.1 Å². The first-order valence-electron chi connectivity index (χ1n) is 5.90. The average molecular weight is 336 g/mol. The monoisotopic (exact) mass is 335 g/mol. The van der Waals surface area contributed by atoms with Crippen LogP contribution in [0.4, 0.5) is 4.79 Å². The number of aliphatic carboxylic acids is 1. The second-order valence-corrected chi connectivity index (χ2v) is 7.03. The molecule has 0 saturated heterocycles. The number of hydrogen-bond donors (Lipinski definition) is 2. The highest BCUT2D eigenvalue weighted by Gasteiger charge is 2.22. The van der Waals surface area contributed by atoms with Gasteiger partial charge in [-0.1, -0.05) is 30.3 Å². The maximum absolute atomic E-state index is 11.5. The second-order valence-electron chi connectivity index (χ2n) is 4.13. The predicted molar refractivity (Wildman–Crippen MR) is 75.4 cm³/mol. The van der Waals surface area contributed by atoms with E-state index in [2.05, 4.69) is 5.32 Å². The van der Waals surface area contributed by atoms with Crippen LogP contribution in [0, 0.1) is 0 Å². The summed E-state index contributed by atoms with van der Waals surface area (Å²) < 4.78 is 26.4. The number of hydrogen-bond acceptors (Lipinski definition) is 5. The topological polar surface area (TPSA) is 110 Å². The Morgan fingerprint density at radius 1 is 1.29 bits per heavy atom. The van der Waals surface area contributed by atoms with Gasteiger partial charge in [-0.05, 0) is 12.0 Å². The molecule has 0 radical (unpaired) electrons.